The van der Waals surface area contributed by atoms with E-state index in [9.17, 15) is 4.79 Å². The van der Waals surface area contributed by atoms with Gasteiger partial charge >= 0.3 is 6.03 Å². The van der Waals surface area contributed by atoms with Crippen molar-refractivity contribution in [1.82, 2.24) is 15.1 Å². The van der Waals surface area contributed by atoms with Crippen LogP contribution in [0.2, 0.25) is 0 Å². The summed E-state index contributed by atoms with van der Waals surface area (Å²) in [4.78, 5) is 12.1. The van der Waals surface area contributed by atoms with E-state index in [0.29, 0.717) is 5.82 Å². The molecule has 0 saturated heterocycles. The lowest BCUT2D eigenvalue weighted by molar-refractivity contribution is -0.177. The third kappa shape index (κ3) is 2.64. The van der Waals surface area contributed by atoms with E-state index < -0.39 is 0 Å². The molecule has 1 heterocycles. The summed E-state index contributed by atoms with van der Waals surface area (Å²) in [7, 11) is 3.55. The summed E-state index contributed by atoms with van der Waals surface area (Å²) in [5.41, 5.74) is 0.677. The summed E-state index contributed by atoms with van der Waals surface area (Å²) in [6, 6.07) is 1.79. The van der Waals surface area contributed by atoms with Crippen LogP contribution < -0.4 is 10.6 Å². The zero-order valence-corrected chi connectivity index (χ0v) is 13.8. The number of carbonyl (C=O) groups is 1. The molecule has 1 aromatic rings. The van der Waals surface area contributed by atoms with Crippen molar-refractivity contribution in [3.8, 4) is 0 Å². The molecule has 0 aromatic carbocycles. The van der Waals surface area contributed by atoms with Gasteiger partial charge < -0.3 is 10.1 Å². The third-order valence-electron chi connectivity index (χ3n) is 5.12. The van der Waals surface area contributed by atoms with Crippen LogP contribution in [-0.2, 0) is 18.2 Å². The standard InChI is InChI=1S/C15H26N4O2/c1-7-10-8-12(19(5)18-10)17-13(20)16-11-9-15(4,21-6)14(11,2)3/h8,11H,7,9H2,1-6H3,(H2,16,17,20)/t11-,15+/m1/s1. The van der Waals surface area contributed by atoms with Gasteiger partial charge in [-0.15, -0.1) is 0 Å². The maximum absolute atomic E-state index is 12.1. The molecule has 1 aliphatic carbocycles. The van der Waals surface area contributed by atoms with Crippen LogP contribution in [0.3, 0.4) is 0 Å². The van der Waals surface area contributed by atoms with E-state index >= 15 is 0 Å². The van der Waals surface area contributed by atoms with Gasteiger partial charge in [-0.05, 0) is 19.8 Å². The van der Waals surface area contributed by atoms with Crippen molar-refractivity contribution in [2.75, 3.05) is 12.4 Å². The molecule has 2 N–H and O–H groups in total. The Morgan fingerprint density at radius 1 is 1.52 bits per heavy atom. The van der Waals surface area contributed by atoms with Crippen molar-refractivity contribution in [3.63, 3.8) is 0 Å². The fourth-order valence-electron chi connectivity index (χ4n) is 2.85. The van der Waals surface area contributed by atoms with Gasteiger partial charge in [0.05, 0.1) is 11.3 Å². The lowest BCUT2D eigenvalue weighted by Crippen LogP contribution is -2.68. The molecule has 1 aliphatic rings. The van der Waals surface area contributed by atoms with E-state index in [1.807, 2.05) is 20.0 Å². The van der Waals surface area contributed by atoms with E-state index in [2.05, 4.69) is 36.5 Å². The Labute approximate surface area is 126 Å². The smallest absolute Gasteiger partial charge is 0.320 e. The highest BCUT2D eigenvalue weighted by molar-refractivity contribution is 5.88. The molecule has 1 aromatic heterocycles. The topological polar surface area (TPSA) is 68.2 Å². The van der Waals surface area contributed by atoms with E-state index in [1.54, 1.807) is 11.8 Å². The Bertz CT molecular complexity index is 538. The lowest BCUT2D eigenvalue weighted by Gasteiger charge is -2.58. The zero-order valence-electron chi connectivity index (χ0n) is 13.8. The van der Waals surface area contributed by atoms with Crippen LogP contribution in [0.25, 0.3) is 0 Å². The van der Waals surface area contributed by atoms with Gasteiger partial charge in [0.15, 0.2) is 0 Å². The SMILES string of the molecule is CCc1cc(NC(=O)N[C@@H]2C[C@](C)(OC)C2(C)C)n(C)n1. The van der Waals surface area contributed by atoms with Gasteiger partial charge in [-0.3, -0.25) is 10.00 Å². The fraction of sp³-hybridized carbons (Fsp3) is 0.733. The molecule has 0 radical (unpaired) electrons. The van der Waals surface area contributed by atoms with E-state index in [4.69, 9.17) is 4.74 Å². The van der Waals surface area contributed by atoms with E-state index in [-0.39, 0.29) is 23.1 Å². The first kappa shape index (κ1) is 15.8. The second-order valence-electron chi connectivity index (χ2n) is 6.51. The van der Waals surface area contributed by atoms with Crippen LogP contribution in [0.5, 0.6) is 0 Å². The van der Waals surface area contributed by atoms with Crippen molar-refractivity contribution < 1.29 is 9.53 Å². The number of urea groups is 1. The van der Waals surface area contributed by atoms with Crippen molar-refractivity contribution in [3.05, 3.63) is 11.8 Å². The predicted octanol–water partition coefficient (Wildman–Crippen LogP) is 2.31. The Morgan fingerprint density at radius 2 is 2.19 bits per heavy atom. The molecule has 2 amide bonds. The van der Waals surface area contributed by atoms with Crippen LogP contribution in [0, 0.1) is 5.41 Å². The molecule has 6 nitrogen and oxygen atoms in total. The highest BCUT2D eigenvalue weighted by Crippen LogP contribution is 2.51. The maximum atomic E-state index is 12.1. The largest absolute Gasteiger partial charge is 0.378 e. The van der Waals surface area contributed by atoms with Gasteiger partial charge in [-0.2, -0.15) is 5.10 Å². The highest BCUT2D eigenvalue weighted by atomic mass is 16.5. The van der Waals surface area contributed by atoms with Crippen molar-refractivity contribution in [2.24, 2.45) is 12.5 Å². The lowest BCUT2D eigenvalue weighted by atomic mass is 9.56. The van der Waals surface area contributed by atoms with Gasteiger partial charge in [-0.25, -0.2) is 4.79 Å². The molecule has 6 heteroatoms. The molecule has 1 saturated carbocycles. The second kappa shape index (κ2) is 5.33. The Hall–Kier alpha value is -1.56. The van der Waals surface area contributed by atoms with Crippen LogP contribution in [0.4, 0.5) is 10.6 Å². The van der Waals surface area contributed by atoms with Gasteiger partial charge in [0.25, 0.3) is 0 Å². The normalized spacial score (nSPS) is 27.0. The molecule has 21 heavy (non-hydrogen) atoms. The molecule has 0 spiro atoms. The molecule has 118 valence electrons. The Balaban J connectivity index is 1.96. The van der Waals surface area contributed by atoms with Crippen LogP contribution in [0.1, 0.15) is 39.8 Å². The molecule has 2 atom stereocenters. The van der Waals surface area contributed by atoms with Crippen LogP contribution in [-0.4, -0.2) is 34.6 Å². The number of amides is 2. The molecule has 0 aliphatic heterocycles. The predicted molar refractivity (Wildman–Crippen MR) is 82.3 cm³/mol. The molecule has 0 bridgehead atoms. The minimum Gasteiger partial charge on any atom is -0.378 e. The summed E-state index contributed by atoms with van der Waals surface area (Å²) in [5, 5.41) is 10.2. The number of carbonyl (C=O) groups excluding carboxylic acids is 1. The molecular weight excluding hydrogens is 268 g/mol. The average molecular weight is 294 g/mol. The van der Waals surface area contributed by atoms with Gasteiger partial charge in [0.1, 0.15) is 5.82 Å². The average Bonchev–Trinajstić information content (AvgIpc) is 2.78. The minimum absolute atomic E-state index is 0.0971. The number of hydrogen-bond acceptors (Lipinski definition) is 3. The number of nitrogens with one attached hydrogen (secondary N) is 2. The quantitative estimate of drug-likeness (QED) is 0.895. The van der Waals surface area contributed by atoms with E-state index in [1.165, 1.54) is 0 Å². The summed E-state index contributed by atoms with van der Waals surface area (Å²) in [6.07, 6.45) is 1.66. The maximum Gasteiger partial charge on any atom is 0.320 e. The third-order valence-corrected chi connectivity index (χ3v) is 5.12. The number of rotatable bonds is 4. The number of aromatic nitrogens is 2. The fourth-order valence-corrected chi connectivity index (χ4v) is 2.85. The monoisotopic (exact) mass is 294 g/mol. The number of aryl methyl sites for hydroxylation is 2. The van der Waals surface area contributed by atoms with Crippen molar-refractivity contribution in [2.45, 2.75) is 52.2 Å². The number of ether oxygens (including phenoxy) is 1. The number of anilines is 1. The van der Waals surface area contributed by atoms with Gasteiger partial charge in [-0.1, -0.05) is 20.8 Å². The van der Waals surface area contributed by atoms with Gasteiger partial charge in [0.2, 0.25) is 0 Å². The number of methoxy groups -OCH3 is 1. The van der Waals surface area contributed by atoms with Gasteiger partial charge in [0, 0.05) is 31.7 Å². The van der Waals surface area contributed by atoms with Crippen LogP contribution in [0.15, 0.2) is 6.07 Å². The first-order valence-electron chi connectivity index (χ1n) is 7.39. The zero-order chi connectivity index (χ0) is 15.8. The van der Waals surface area contributed by atoms with Crippen molar-refractivity contribution >= 4 is 11.8 Å². The Morgan fingerprint density at radius 3 is 2.67 bits per heavy atom. The summed E-state index contributed by atoms with van der Waals surface area (Å²) in [5.74, 6) is 0.705. The first-order valence-corrected chi connectivity index (χ1v) is 7.39. The molecular formula is C15H26N4O2. The molecule has 2 rings (SSSR count). The first-order chi connectivity index (χ1) is 9.73. The summed E-state index contributed by atoms with van der Waals surface area (Å²) in [6.45, 7) is 8.35. The molecule has 0 unspecified atom stereocenters. The number of hydrogen-bond donors (Lipinski definition) is 2. The highest BCUT2D eigenvalue weighted by Gasteiger charge is 2.58. The number of nitrogens with zero attached hydrogens (tertiary/aromatic N) is 2. The molecule has 1 fully saturated rings. The summed E-state index contributed by atoms with van der Waals surface area (Å²) >= 11 is 0. The Kier molecular flexibility index (Phi) is 4.02. The van der Waals surface area contributed by atoms with Crippen molar-refractivity contribution in [1.29, 1.82) is 0 Å². The van der Waals surface area contributed by atoms with Crippen LogP contribution >= 0.6 is 0 Å². The summed E-state index contributed by atoms with van der Waals surface area (Å²) < 4.78 is 7.25. The minimum atomic E-state index is -0.197. The second-order valence-corrected chi connectivity index (χ2v) is 6.51. The van der Waals surface area contributed by atoms with E-state index in [0.717, 1.165) is 18.5 Å².